The van der Waals surface area contributed by atoms with Crippen LogP contribution in [0.25, 0.3) is 11.5 Å². The molecule has 0 spiro atoms. The molecule has 6 heteroatoms. The molecule has 0 bridgehead atoms. The number of aliphatic hydroxyl groups excluding tert-OH is 1. The second-order valence-corrected chi connectivity index (χ2v) is 6.33. The van der Waals surface area contributed by atoms with Gasteiger partial charge in [0.15, 0.2) is 5.76 Å². The van der Waals surface area contributed by atoms with E-state index in [1.807, 2.05) is 19.1 Å². The van der Waals surface area contributed by atoms with E-state index in [1.165, 1.54) is 19.3 Å². The summed E-state index contributed by atoms with van der Waals surface area (Å²) in [5, 5.41) is 20.6. The second kappa shape index (κ2) is 7.77. The zero-order chi connectivity index (χ0) is 16.1. The molecule has 6 nitrogen and oxygen atoms in total. The maximum absolute atomic E-state index is 10.2. The maximum Gasteiger partial charge on any atom is 0.152 e. The first kappa shape index (κ1) is 16.2. The maximum atomic E-state index is 10.2. The van der Waals surface area contributed by atoms with Gasteiger partial charge in [-0.1, -0.05) is 6.42 Å². The van der Waals surface area contributed by atoms with Gasteiger partial charge in [-0.05, 0) is 45.0 Å². The molecule has 1 fully saturated rings. The number of furan rings is 1. The third kappa shape index (κ3) is 4.43. The Labute approximate surface area is 136 Å². The third-order valence-electron chi connectivity index (χ3n) is 4.32. The van der Waals surface area contributed by atoms with Gasteiger partial charge in [-0.15, -0.1) is 0 Å². The first-order chi connectivity index (χ1) is 11.2. The molecule has 126 valence electrons. The standard InChI is InChI=1S/C17H26N4O2/c1-13-5-6-16(23-13)17-14(10-19-20-17)9-18-11-15(22)12-21-7-3-2-4-8-21/h5-6,10,15,18,22H,2-4,7-9,11-12H2,1H3,(H,19,20)/t15-/m1/s1. The first-order valence-electron chi connectivity index (χ1n) is 8.42. The molecule has 0 aliphatic carbocycles. The van der Waals surface area contributed by atoms with E-state index in [9.17, 15) is 5.11 Å². The van der Waals surface area contributed by atoms with E-state index in [-0.39, 0.29) is 6.10 Å². The molecule has 2 aromatic rings. The van der Waals surface area contributed by atoms with Crippen LogP contribution in [-0.4, -0.2) is 52.5 Å². The van der Waals surface area contributed by atoms with Crippen molar-refractivity contribution in [1.82, 2.24) is 20.4 Å². The number of aliphatic hydroxyl groups is 1. The van der Waals surface area contributed by atoms with Crippen molar-refractivity contribution in [3.8, 4) is 11.5 Å². The summed E-state index contributed by atoms with van der Waals surface area (Å²) in [6.07, 6.45) is 5.29. The molecule has 0 amide bonds. The summed E-state index contributed by atoms with van der Waals surface area (Å²) in [6, 6.07) is 3.88. The fourth-order valence-electron chi connectivity index (χ4n) is 3.11. The van der Waals surface area contributed by atoms with Crippen molar-refractivity contribution in [2.45, 2.75) is 38.8 Å². The van der Waals surface area contributed by atoms with Crippen LogP contribution in [0, 0.1) is 6.92 Å². The van der Waals surface area contributed by atoms with Gasteiger partial charge >= 0.3 is 0 Å². The summed E-state index contributed by atoms with van der Waals surface area (Å²) in [6.45, 7) is 6.14. The summed E-state index contributed by atoms with van der Waals surface area (Å²) in [4.78, 5) is 2.35. The molecular formula is C17H26N4O2. The van der Waals surface area contributed by atoms with Crippen LogP contribution >= 0.6 is 0 Å². The van der Waals surface area contributed by atoms with E-state index in [1.54, 1.807) is 6.20 Å². The van der Waals surface area contributed by atoms with Crippen molar-refractivity contribution < 1.29 is 9.52 Å². The molecule has 1 aliphatic rings. The Hall–Kier alpha value is -1.63. The van der Waals surface area contributed by atoms with E-state index in [0.29, 0.717) is 13.1 Å². The molecule has 0 aromatic carbocycles. The van der Waals surface area contributed by atoms with Gasteiger partial charge in [0.2, 0.25) is 0 Å². The predicted octanol–water partition coefficient (Wildman–Crippen LogP) is 1.91. The molecule has 3 rings (SSSR count). The molecule has 3 heterocycles. The lowest BCUT2D eigenvalue weighted by Gasteiger charge is -2.28. The summed E-state index contributed by atoms with van der Waals surface area (Å²) in [5.74, 6) is 1.68. The van der Waals surface area contributed by atoms with E-state index >= 15 is 0 Å². The van der Waals surface area contributed by atoms with Crippen LogP contribution in [0.1, 0.15) is 30.6 Å². The molecule has 0 unspecified atom stereocenters. The number of piperidine rings is 1. The number of β-amino-alcohol motifs (C(OH)–C–C–N with tert-alkyl or cyclic N) is 1. The fraction of sp³-hybridized carbons (Fsp3) is 0.588. The minimum atomic E-state index is -0.339. The highest BCUT2D eigenvalue weighted by molar-refractivity contribution is 5.56. The topological polar surface area (TPSA) is 77.3 Å². The normalized spacial score (nSPS) is 17.5. The number of rotatable bonds is 7. The Morgan fingerprint density at radius 1 is 1.35 bits per heavy atom. The van der Waals surface area contributed by atoms with Crippen molar-refractivity contribution in [3.05, 3.63) is 29.7 Å². The lowest BCUT2D eigenvalue weighted by Crippen LogP contribution is -2.40. The number of H-pyrrole nitrogens is 1. The average Bonchev–Trinajstić information content (AvgIpc) is 3.17. The van der Waals surface area contributed by atoms with Gasteiger partial charge in [-0.2, -0.15) is 5.10 Å². The number of nitrogens with zero attached hydrogens (tertiary/aromatic N) is 2. The summed E-state index contributed by atoms with van der Waals surface area (Å²) >= 11 is 0. The number of aromatic nitrogens is 2. The van der Waals surface area contributed by atoms with Crippen molar-refractivity contribution in [2.75, 3.05) is 26.2 Å². The van der Waals surface area contributed by atoms with Gasteiger partial charge in [0.25, 0.3) is 0 Å². The summed E-state index contributed by atoms with van der Waals surface area (Å²) in [7, 11) is 0. The van der Waals surface area contributed by atoms with Gasteiger partial charge < -0.3 is 19.7 Å². The molecular weight excluding hydrogens is 292 g/mol. The zero-order valence-electron chi connectivity index (χ0n) is 13.7. The van der Waals surface area contributed by atoms with Gasteiger partial charge in [0.1, 0.15) is 11.5 Å². The first-order valence-corrected chi connectivity index (χ1v) is 8.42. The van der Waals surface area contributed by atoms with Crippen LogP contribution in [0.3, 0.4) is 0 Å². The Bertz CT molecular complexity index is 601. The van der Waals surface area contributed by atoms with Crippen LogP contribution in [0.2, 0.25) is 0 Å². The van der Waals surface area contributed by atoms with E-state index in [2.05, 4.69) is 20.4 Å². The van der Waals surface area contributed by atoms with E-state index in [4.69, 9.17) is 4.42 Å². The minimum Gasteiger partial charge on any atom is -0.460 e. The quantitative estimate of drug-likeness (QED) is 0.727. The molecule has 2 aromatic heterocycles. The smallest absolute Gasteiger partial charge is 0.152 e. The zero-order valence-corrected chi connectivity index (χ0v) is 13.7. The fourth-order valence-corrected chi connectivity index (χ4v) is 3.11. The SMILES string of the molecule is Cc1ccc(-c2[nH]ncc2CNC[C@@H](O)CN2CCCCC2)o1. The Kier molecular flexibility index (Phi) is 5.48. The number of aryl methyl sites for hydroxylation is 1. The van der Waals surface area contributed by atoms with Crippen molar-refractivity contribution in [2.24, 2.45) is 0 Å². The lowest BCUT2D eigenvalue weighted by molar-refractivity contribution is 0.1000. The molecule has 0 radical (unpaired) electrons. The predicted molar refractivity (Wildman–Crippen MR) is 89.0 cm³/mol. The highest BCUT2D eigenvalue weighted by Gasteiger charge is 2.15. The molecule has 1 atom stereocenters. The van der Waals surface area contributed by atoms with Gasteiger partial charge in [-0.25, -0.2) is 0 Å². The molecule has 1 aliphatic heterocycles. The average molecular weight is 318 g/mol. The van der Waals surface area contributed by atoms with Crippen molar-refractivity contribution in [1.29, 1.82) is 0 Å². The third-order valence-corrected chi connectivity index (χ3v) is 4.32. The monoisotopic (exact) mass is 318 g/mol. The molecule has 23 heavy (non-hydrogen) atoms. The summed E-state index contributed by atoms with van der Waals surface area (Å²) < 4.78 is 5.64. The van der Waals surface area contributed by atoms with Crippen LogP contribution in [-0.2, 0) is 6.54 Å². The number of hydrogen-bond acceptors (Lipinski definition) is 5. The molecule has 3 N–H and O–H groups in total. The summed E-state index contributed by atoms with van der Waals surface area (Å²) in [5.41, 5.74) is 1.95. The largest absolute Gasteiger partial charge is 0.460 e. The number of hydrogen-bond donors (Lipinski definition) is 3. The van der Waals surface area contributed by atoms with Crippen LogP contribution in [0.4, 0.5) is 0 Å². The van der Waals surface area contributed by atoms with Gasteiger partial charge in [-0.3, -0.25) is 5.10 Å². The Balaban J connectivity index is 1.46. The lowest BCUT2D eigenvalue weighted by atomic mass is 10.1. The number of aromatic amines is 1. The van der Waals surface area contributed by atoms with Crippen molar-refractivity contribution in [3.63, 3.8) is 0 Å². The second-order valence-electron chi connectivity index (χ2n) is 6.33. The highest BCUT2D eigenvalue weighted by Crippen LogP contribution is 2.23. The van der Waals surface area contributed by atoms with Gasteiger partial charge in [0, 0.05) is 25.2 Å². The van der Waals surface area contributed by atoms with E-state index < -0.39 is 0 Å². The van der Waals surface area contributed by atoms with Crippen LogP contribution in [0.15, 0.2) is 22.7 Å². The Morgan fingerprint density at radius 3 is 2.91 bits per heavy atom. The molecule has 1 saturated heterocycles. The Morgan fingerprint density at radius 2 is 2.17 bits per heavy atom. The van der Waals surface area contributed by atoms with Crippen LogP contribution in [0.5, 0.6) is 0 Å². The number of likely N-dealkylation sites (tertiary alicyclic amines) is 1. The van der Waals surface area contributed by atoms with E-state index in [0.717, 1.165) is 42.4 Å². The minimum absolute atomic E-state index is 0.339. The van der Waals surface area contributed by atoms with Crippen molar-refractivity contribution >= 4 is 0 Å². The van der Waals surface area contributed by atoms with Crippen LogP contribution < -0.4 is 5.32 Å². The number of nitrogens with one attached hydrogen (secondary N) is 2. The highest BCUT2D eigenvalue weighted by atomic mass is 16.3. The molecule has 0 saturated carbocycles. The van der Waals surface area contributed by atoms with Gasteiger partial charge in [0.05, 0.1) is 12.3 Å².